The van der Waals surface area contributed by atoms with Crippen LogP contribution in [0, 0.1) is 0 Å². The van der Waals surface area contributed by atoms with Crippen molar-refractivity contribution in [3.63, 3.8) is 0 Å². The van der Waals surface area contributed by atoms with Gasteiger partial charge in [-0.05, 0) is 30.2 Å². The Bertz CT molecular complexity index is 480. The molecule has 0 radical (unpaired) electrons. The summed E-state index contributed by atoms with van der Waals surface area (Å²) in [7, 11) is 0.0446. The van der Waals surface area contributed by atoms with Crippen LogP contribution in [0.3, 0.4) is 0 Å². The van der Waals surface area contributed by atoms with Gasteiger partial charge in [-0.25, -0.2) is 4.79 Å². The lowest BCUT2D eigenvalue weighted by atomic mass is 10.1. The van der Waals surface area contributed by atoms with Gasteiger partial charge in [0.05, 0.1) is 7.11 Å². The third kappa shape index (κ3) is 5.80. The first-order valence-corrected chi connectivity index (χ1v) is 10.8. The molecule has 0 N–H and O–H groups in total. The molecule has 0 bridgehead atoms. The molecule has 110 valence electrons. The minimum atomic E-state index is -1.51. The van der Waals surface area contributed by atoms with E-state index in [9.17, 15) is 4.79 Å². The summed E-state index contributed by atoms with van der Waals surface area (Å²) < 4.78 is 10.4. The number of hydrogen-bond donors (Lipinski definition) is 0. The molecule has 0 aromatic heterocycles. The van der Waals surface area contributed by atoms with Crippen LogP contribution in [0.2, 0.25) is 19.1 Å². The monoisotopic (exact) mass is 312 g/mol. The topological polar surface area (TPSA) is 35.5 Å². The highest BCUT2D eigenvalue weighted by Crippen LogP contribution is 2.29. The Hall–Kier alpha value is -1.26. The number of carbonyl (C=O) groups is 1. The van der Waals surface area contributed by atoms with E-state index in [0.29, 0.717) is 11.5 Å². The molecule has 3 nitrogen and oxygen atoms in total. The molecule has 1 aromatic rings. The average Bonchev–Trinajstić information content (AvgIpc) is 2.38. The highest BCUT2D eigenvalue weighted by atomic mass is 35.6. The number of halogens is 1. The molecule has 5 heteroatoms. The van der Waals surface area contributed by atoms with Crippen LogP contribution in [0.4, 0.5) is 0 Å². The molecular formula is C15H21ClO3Si. The van der Waals surface area contributed by atoms with E-state index >= 15 is 0 Å². The molecule has 0 amide bonds. The van der Waals surface area contributed by atoms with Gasteiger partial charge in [0.2, 0.25) is 0 Å². The smallest absolute Gasteiger partial charge is 0.335 e. The standard InChI is InChI=1S/C15H21ClO3Si/c1-5-15(17)19-13-9-8-12(11-14(13)18-2)7-6-10-20(3,4)16/h5,8-9,11H,1,6-7,10H2,2-4H3. The van der Waals surface area contributed by atoms with Crippen LogP contribution < -0.4 is 9.47 Å². The fraction of sp³-hybridized carbons (Fsp3) is 0.400. The molecule has 20 heavy (non-hydrogen) atoms. The SMILES string of the molecule is C=CC(=O)Oc1ccc(CCC[Si](C)(C)Cl)cc1OC. The highest BCUT2D eigenvalue weighted by Gasteiger charge is 2.16. The molecule has 0 aliphatic heterocycles. The van der Waals surface area contributed by atoms with Crippen LogP contribution >= 0.6 is 11.1 Å². The van der Waals surface area contributed by atoms with Gasteiger partial charge >= 0.3 is 5.97 Å². The number of hydrogen-bond acceptors (Lipinski definition) is 3. The molecule has 0 unspecified atom stereocenters. The number of esters is 1. The molecule has 0 saturated carbocycles. The van der Waals surface area contributed by atoms with Crippen molar-refractivity contribution in [3.8, 4) is 11.5 Å². The van der Waals surface area contributed by atoms with Crippen molar-refractivity contribution in [2.24, 2.45) is 0 Å². The Balaban J connectivity index is 2.71. The summed E-state index contributed by atoms with van der Waals surface area (Å²) in [5, 5.41) is 0. The molecule has 0 saturated heterocycles. The van der Waals surface area contributed by atoms with E-state index in [4.69, 9.17) is 20.6 Å². The van der Waals surface area contributed by atoms with E-state index in [0.717, 1.165) is 30.5 Å². The Morgan fingerprint density at radius 1 is 1.40 bits per heavy atom. The third-order valence-corrected chi connectivity index (χ3v) is 4.95. The van der Waals surface area contributed by atoms with Crippen molar-refractivity contribution in [3.05, 3.63) is 36.4 Å². The summed E-state index contributed by atoms with van der Waals surface area (Å²) in [6, 6.07) is 6.66. The van der Waals surface area contributed by atoms with Gasteiger partial charge < -0.3 is 9.47 Å². The number of ether oxygens (including phenoxy) is 2. The normalized spacial score (nSPS) is 11.0. The summed E-state index contributed by atoms with van der Waals surface area (Å²) in [6.07, 6.45) is 3.12. The number of carbonyl (C=O) groups excluding carboxylic acids is 1. The van der Waals surface area contributed by atoms with Gasteiger partial charge in [0.1, 0.15) is 0 Å². The molecule has 0 spiro atoms. The van der Waals surface area contributed by atoms with Crippen molar-refractivity contribution >= 4 is 24.4 Å². The summed E-state index contributed by atoms with van der Waals surface area (Å²) in [4.78, 5) is 11.2. The molecule has 0 aliphatic rings. The lowest BCUT2D eigenvalue weighted by Crippen LogP contribution is -2.15. The first-order valence-electron chi connectivity index (χ1n) is 6.56. The maximum atomic E-state index is 11.2. The van der Waals surface area contributed by atoms with Gasteiger partial charge in [0.15, 0.2) is 18.9 Å². The first kappa shape index (κ1) is 16.8. The third-order valence-electron chi connectivity index (χ3n) is 2.84. The molecule has 0 aliphatic carbocycles. The second kappa shape index (κ2) is 7.50. The van der Waals surface area contributed by atoms with Crippen molar-refractivity contribution in [1.29, 1.82) is 0 Å². The van der Waals surface area contributed by atoms with Gasteiger partial charge in [0.25, 0.3) is 0 Å². The zero-order valence-corrected chi connectivity index (χ0v) is 14.0. The van der Waals surface area contributed by atoms with Crippen LogP contribution in [0.15, 0.2) is 30.9 Å². The summed E-state index contributed by atoms with van der Waals surface area (Å²) in [5.41, 5.74) is 1.15. The second-order valence-electron chi connectivity index (χ2n) is 5.18. The quantitative estimate of drug-likeness (QED) is 0.249. The maximum absolute atomic E-state index is 11.2. The Labute approximate surface area is 126 Å². The van der Waals surface area contributed by atoms with Gasteiger partial charge in [-0.3, -0.25) is 0 Å². The first-order chi connectivity index (χ1) is 9.35. The molecule has 1 aromatic carbocycles. The number of benzene rings is 1. The van der Waals surface area contributed by atoms with Crippen molar-refractivity contribution in [1.82, 2.24) is 0 Å². The van der Waals surface area contributed by atoms with Crippen LogP contribution in [0.1, 0.15) is 12.0 Å². The minimum Gasteiger partial charge on any atom is -0.493 e. The van der Waals surface area contributed by atoms with Crippen molar-refractivity contribution in [2.45, 2.75) is 32.0 Å². The Kier molecular flexibility index (Phi) is 6.30. The van der Waals surface area contributed by atoms with Crippen molar-refractivity contribution < 1.29 is 14.3 Å². The van der Waals surface area contributed by atoms with Crippen LogP contribution in [0.5, 0.6) is 11.5 Å². The van der Waals surface area contributed by atoms with E-state index in [1.807, 2.05) is 12.1 Å². The fourth-order valence-electron chi connectivity index (χ4n) is 1.81. The van der Waals surface area contributed by atoms with Crippen LogP contribution in [0.25, 0.3) is 0 Å². The highest BCUT2D eigenvalue weighted by molar-refractivity contribution is 7.19. The molecule has 0 heterocycles. The molecule has 0 fully saturated rings. The largest absolute Gasteiger partial charge is 0.493 e. The molecule has 1 rings (SSSR count). The van der Waals surface area contributed by atoms with E-state index in [1.165, 1.54) is 0 Å². The Morgan fingerprint density at radius 2 is 2.10 bits per heavy atom. The number of rotatable bonds is 7. The van der Waals surface area contributed by atoms with Crippen molar-refractivity contribution in [2.75, 3.05) is 7.11 Å². The number of methoxy groups -OCH3 is 1. The predicted molar refractivity (Wildman–Crippen MR) is 85.3 cm³/mol. The zero-order valence-electron chi connectivity index (χ0n) is 12.2. The maximum Gasteiger partial charge on any atom is 0.335 e. The van der Waals surface area contributed by atoms with Crippen LogP contribution in [-0.2, 0) is 11.2 Å². The van der Waals surface area contributed by atoms with Gasteiger partial charge in [0, 0.05) is 6.08 Å². The average molecular weight is 313 g/mol. The summed E-state index contributed by atoms with van der Waals surface area (Å²) >= 11 is 6.30. The van der Waals surface area contributed by atoms with Gasteiger partial charge in [-0.1, -0.05) is 32.2 Å². The lowest BCUT2D eigenvalue weighted by Gasteiger charge is -2.13. The van der Waals surface area contributed by atoms with Gasteiger partial charge in [-0.15, -0.1) is 0 Å². The zero-order chi connectivity index (χ0) is 15.2. The Morgan fingerprint density at radius 3 is 2.65 bits per heavy atom. The molecule has 0 atom stereocenters. The van der Waals surface area contributed by atoms with E-state index < -0.39 is 13.4 Å². The number of aryl methyl sites for hydroxylation is 1. The lowest BCUT2D eigenvalue weighted by molar-refractivity contribution is -0.129. The summed E-state index contributed by atoms with van der Waals surface area (Å²) in [5.74, 6) is 0.471. The van der Waals surface area contributed by atoms with E-state index in [2.05, 4.69) is 19.7 Å². The second-order valence-corrected chi connectivity index (χ2v) is 12.2. The summed E-state index contributed by atoms with van der Waals surface area (Å²) in [6.45, 7) is 7.66. The van der Waals surface area contributed by atoms with Crippen LogP contribution in [-0.4, -0.2) is 20.5 Å². The molecular weight excluding hydrogens is 292 g/mol. The minimum absolute atomic E-state index is 0.410. The predicted octanol–water partition coefficient (Wildman–Crippen LogP) is 4.16. The van der Waals surface area contributed by atoms with E-state index in [1.54, 1.807) is 13.2 Å². The van der Waals surface area contributed by atoms with E-state index in [-0.39, 0.29) is 0 Å². The fourth-order valence-corrected chi connectivity index (χ4v) is 3.23. The van der Waals surface area contributed by atoms with Gasteiger partial charge in [-0.2, -0.15) is 11.1 Å².